The van der Waals surface area contributed by atoms with Crippen LogP contribution in [0.15, 0.2) is 18.2 Å². The zero-order chi connectivity index (χ0) is 8.13. The molecular weight excluding hydrogens is 155 g/mol. The molecule has 3 rings (SSSR count). The first-order valence-electron chi connectivity index (χ1n) is 4.29. The number of fused-ring (bicyclic) bond motifs is 3. The first-order chi connectivity index (χ1) is 5.86. The number of benzene rings is 1. The Kier molecular flexibility index (Phi) is 1.14. The lowest BCUT2D eigenvalue weighted by molar-refractivity contribution is 0.373. The Labute approximate surface area is 70.2 Å². The van der Waals surface area contributed by atoms with E-state index in [1.165, 1.54) is 6.07 Å². The van der Waals surface area contributed by atoms with Crippen molar-refractivity contribution in [1.82, 2.24) is 0 Å². The first kappa shape index (κ1) is 6.61. The van der Waals surface area contributed by atoms with Crippen LogP contribution >= 0.6 is 0 Å². The quantitative estimate of drug-likeness (QED) is 0.535. The van der Waals surface area contributed by atoms with E-state index in [4.69, 9.17) is 4.74 Å². The van der Waals surface area contributed by atoms with Crippen LogP contribution in [0.4, 0.5) is 4.39 Å². The molecule has 0 radical (unpaired) electrons. The third-order valence-electron chi connectivity index (χ3n) is 2.72. The van der Waals surface area contributed by atoms with Gasteiger partial charge in [0.15, 0.2) is 0 Å². The van der Waals surface area contributed by atoms with E-state index in [1.807, 2.05) is 6.07 Å². The summed E-state index contributed by atoms with van der Waals surface area (Å²) in [6, 6.07) is 5.27. The Morgan fingerprint density at radius 2 is 2.33 bits per heavy atom. The fraction of sp³-hybridized carbons (Fsp3) is 0.400. The third kappa shape index (κ3) is 0.758. The summed E-state index contributed by atoms with van der Waals surface area (Å²) in [4.78, 5) is 0. The fourth-order valence-electron chi connectivity index (χ4n) is 2.03. The van der Waals surface area contributed by atoms with E-state index in [0.717, 1.165) is 24.0 Å². The Morgan fingerprint density at radius 1 is 1.42 bits per heavy atom. The van der Waals surface area contributed by atoms with Crippen LogP contribution in [0.3, 0.4) is 0 Å². The van der Waals surface area contributed by atoms with Crippen molar-refractivity contribution in [1.29, 1.82) is 0 Å². The Morgan fingerprint density at radius 3 is 3.25 bits per heavy atom. The molecule has 0 aromatic heterocycles. The second-order valence-electron chi connectivity index (χ2n) is 3.44. The number of epoxide rings is 1. The largest absolute Gasteiger partial charge is 0.364 e. The second-order valence-corrected chi connectivity index (χ2v) is 3.44. The van der Waals surface area contributed by atoms with Crippen molar-refractivity contribution in [3.63, 3.8) is 0 Å². The zero-order valence-corrected chi connectivity index (χ0v) is 6.59. The highest BCUT2D eigenvalue weighted by atomic mass is 19.1. The Bertz CT molecular complexity index is 335. The summed E-state index contributed by atoms with van der Waals surface area (Å²) in [6.45, 7) is 0. The molecule has 2 atom stereocenters. The molecule has 1 nitrogen and oxygen atoms in total. The van der Waals surface area contributed by atoms with Crippen LogP contribution in [0.5, 0.6) is 0 Å². The van der Waals surface area contributed by atoms with Gasteiger partial charge in [-0.25, -0.2) is 4.39 Å². The normalized spacial score (nSPS) is 30.8. The van der Waals surface area contributed by atoms with E-state index < -0.39 is 0 Å². The van der Waals surface area contributed by atoms with Gasteiger partial charge in [0.05, 0.1) is 6.10 Å². The maximum Gasteiger partial charge on any atom is 0.126 e. The first-order valence-corrected chi connectivity index (χ1v) is 4.29. The lowest BCUT2D eigenvalue weighted by Gasteiger charge is -2.11. The van der Waals surface area contributed by atoms with Gasteiger partial charge in [-0.3, -0.25) is 0 Å². The molecule has 1 heterocycles. The number of hydrogen-bond acceptors (Lipinski definition) is 1. The van der Waals surface area contributed by atoms with Gasteiger partial charge in [-0.1, -0.05) is 12.1 Å². The molecule has 2 aliphatic rings. The molecule has 0 spiro atoms. The zero-order valence-electron chi connectivity index (χ0n) is 6.59. The molecule has 1 saturated heterocycles. The lowest BCUT2D eigenvalue weighted by atomic mass is 9.91. The minimum atomic E-state index is -0.0681. The summed E-state index contributed by atoms with van der Waals surface area (Å²) in [6.07, 6.45) is 2.42. The van der Waals surface area contributed by atoms with Crippen molar-refractivity contribution in [3.8, 4) is 0 Å². The average molecular weight is 164 g/mol. The van der Waals surface area contributed by atoms with Gasteiger partial charge in [0, 0.05) is 0 Å². The lowest BCUT2D eigenvalue weighted by Crippen LogP contribution is -2.06. The molecule has 1 fully saturated rings. The topological polar surface area (TPSA) is 12.5 Å². The summed E-state index contributed by atoms with van der Waals surface area (Å²) in [5.41, 5.74) is 1.95. The molecule has 2 heteroatoms. The SMILES string of the molecule is Fc1cccc2c1CC[C@@H]1O[C@H]21. The number of hydrogen-bond donors (Lipinski definition) is 0. The van der Waals surface area contributed by atoms with E-state index in [9.17, 15) is 4.39 Å². The molecule has 1 aromatic rings. The molecule has 1 aliphatic heterocycles. The van der Waals surface area contributed by atoms with Crippen LogP contribution in [0.25, 0.3) is 0 Å². The van der Waals surface area contributed by atoms with Crippen LogP contribution in [0.1, 0.15) is 23.7 Å². The van der Waals surface area contributed by atoms with Gasteiger partial charge >= 0.3 is 0 Å². The van der Waals surface area contributed by atoms with Gasteiger partial charge in [0.1, 0.15) is 11.9 Å². The van der Waals surface area contributed by atoms with Crippen LogP contribution in [0.2, 0.25) is 0 Å². The minimum absolute atomic E-state index is 0.0681. The maximum atomic E-state index is 13.2. The second kappa shape index (κ2) is 2.07. The van der Waals surface area contributed by atoms with Crippen molar-refractivity contribution >= 4 is 0 Å². The molecule has 0 amide bonds. The van der Waals surface area contributed by atoms with Crippen LogP contribution < -0.4 is 0 Å². The number of halogens is 1. The molecule has 62 valence electrons. The highest BCUT2D eigenvalue weighted by Crippen LogP contribution is 2.47. The summed E-state index contributed by atoms with van der Waals surface area (Å²) < 4.78 is 18.6. The minimum Gasteiger partial charge on any atom is -0.364 e. The van der Waals surface area contributed by atoms with Gasteiger partial charge in [-0.15, -0.1) is 0 Å². The van der Waals surface area contributed by atoms with Crippen molar-refractivity contribution in [3.05, 3.63) is 35.1 Å². The smallest absolute Gasteiger partial charge is 0.126 e. The van der Waals surface area contributed by atoms with Gasteiger partial charge < -0.3 is 4.74 Å². The third-order valence-corrected chi connectivity index (χ3v) is 2.72. The fourth-order valence-corrected chi connectivity index (χ4v) is 2.03. The van der Waals surface area contributed by atoms with E-state index in [-0.39, 0.29) is 11.9 Å². The molecule has 0 saturated carbocycles. The Hall–Kier alpha value is -0.890. The summed E-state index contributed by atoms with van der Waals surface area (Å²) in [5, 5.41) is 0. The standard InChI is InChI=1S/C10H9FO/c11-8-3-1-2-7-6(8)4-5-9-10(7)12-9/h1-3,9-10H,4-5H2/t9-,10+/m0/s1. The number of rotatable bonds is 0. The highest BCUT2D eigenvalue weighted by molar-refractivity contribution is 5.36. The predicted octanol–water partition coefficient (Wildman–Crippen LogP) is 2.21. The summed E-state index contributed by atoms with van der Waals surface area (Å²) in [7, 11) is 0. The highest BCUT2D eigenvalue weighted by Gasteiger charge is 2.44. The van der Waals surface area contributed by atoms with E-state index in [2.05, 4.69) is 0 Å². The van der Waals surface area contributed by atoms with Crippen LogP contribution in [-0.4, -0.2) is 6.10 Å². The molecule has 0 N–H and O–H groups in total. The molecule has 0 bridgehead atoms. The summed E-state index contributed by atoms with van der Waals surface area (Å²) in [5.74, 6) is -0.0681. The van der Waals surface area contributed by atoms with Gasteiger partial charge in [0.25, 0.3) is 0 Å². The van der Waals surface area contributed by atoms with Crippen molar-refractivity contribution in [2.24, 2.45) is 0 Å². The van der Waals surface area contributed by atoms with Crippen LogP contribution in [0, 0.1) is 5.82 Å². The molecule has 0 unspecified atom stereocenters. The van der Waals surface area contributed by atoms with Gasteiger partial charge in [-0.2, -0.15) is 0 Å². The van der Waals surface area contributed by atoms with Crippen LogP contribution in [-0.2, 0) is 11.2 Å². The van der Waals surface area contributed by atoms with Gasteiger partial charge in [-0.05, 0) is 30.0 Å². The van der Waals surface area contributed by atoms with Gasteiger partial charge in [0.2, 0.25) is 0 Å². The van der Waals surface area contributed by atoms with E-state index in [1.54, 1.807) is 6.07 Å². The van der Waals surface area contributed by atoms with E-state index in [0.29, 0.717) is 6.10 Å². The van der Waals surface area contributed by atoms with Crippen molar-refractivity contribution < 1.29 is 9.13 Å². The Balaban J connectivity index is 2.18. The molecular formula is C10H9FO. The molecule has 1 aliphatic carbocycles. The molecule has 12 heavy (non-hydrogen) atoms. The van der Waals surface area contributed by atoms with Crippen molar-refractivity contribution in [2.45, 2.75) is 25.0 Å². The maximum absolute atomic E-state index is 13.2. The summed E-state index contributed by atoms with van der Waals surface area (Å²) >= 11 is 0. The molecule has 1 aromatic carbocycles. The van der Waals surface area contributed by atoms with E-state index >= 15 is 0 Å². The monoisotopic (exact) mass is 164 g/mol. The predicted molar refractivity (Wildman–Crippen MR) is 42.3 cm³/mol. The van der Waals surface area contributed by atoms with Crippen molar-refractivity contribution in [2.75, 3.05) is 0 Å². The number of ether oxygens (including phenoxy) is 1. The average Bonchev–Trinajstić information content (AvgIpc) is 2.83.